The van der Waals surface area contributed by atoms with Gasteiger partial charge in [0.05, 0.1) is 29.4 Å². The molecule has 1 amide bonds. The van der Waals surface area contributed by atoms with Gasteiger partial charge in [0.25, 0.3) is 0 Å². The molecule has 5 heteroatoms. The number of hydrogen-bond donors (Lipinski definition) is 0. The quantitative estimate of drug-likeness (QED) is 0.405. The Balaban J connectivity index is 1.66. The van der Waals surface area contributed by atoms with Crippen LogP contribution in [0.1, 0.15) is 34.9 Å². The fourth-order valence-corrected chi connectivity index (χ4v) is 4.33. The van der Waals surface area contributed by atoms with Gasteiger partial charge in [0.2, 0.25) is 5.91 Å². The first kappa shape index (κ1) is 19.4. The van der Waals surface area contributed by atoms with E-state index in [-0.39, 0.29) is 5.91 Å². The molecule has 0 atom stereocenters. The summed E-state index contributed by atoms with van der Waals surface area (Å²) in [7, 11) is 0. The van der Waals surface area contributed by atoms with Crippen molar-refractivity contribution in [3.8, 4) is 0 Å². The highest BCUT2D eigenvalue weighted by atomic mass is 32.1. The minimum absolute atomic E-state index is 0.0122. The van der Waals surface area contributed by atoms with Crippen LogP contribution >= 0.6 is 11.3 Å². The van der Waals surface area contributed by atoms with Crippen LogP contribution in [0.2, 0.25) is 0 Å². The lowest BCUT2D eigenvalue weighted by molar-refractivity contribution is -0.118. The molecule has 0 radical (unpaired) electrons. The van der Waals surface area contributed by atoms with Crippen molar-refractivity contribution in [2.24, 2.45) is 0 Å². The van der Waals surface area contributed by atoms with Crippen LogP contribution in [0.3, 0.4) is 0 Å². The fourth-order valence-electron chi connectivity index (χ4n) is 3.27. The molecule has 148 valence electrons. The molecule has 4 nitrogen and oxygen atoms in total. The van der Waals surface area contributed by atoms with Crippen molar-refractivity contribution in [3.63, 3.8) is 0 Å². The van der Waals surface area contributed by atoms with E-state index in [4.69, 9.17) is 9.40 Å². The van der Waals surface area contributed by atoms with Gasteiger partial charge < -0.3 is 4.42 Å². The van der Waals surface area contributed by atoms with Crippen LogP contribution in [0.4, 0.5) is 5.13 Å². The SMILES string of the molecule is CCc1ccc(CC(=O)N(Cc2ccco2)c2nc3cc(C)c(C)cc3s2)cc1. The molecule has 0 fully saturated rings. The number of carbonyl (C=O) groups is 1. The average Bonchev–Trinajstić information content (AvgIpc) is 3.36. The summed E-state index contributed by atoms with van der Waals surface area (Å²) >= 11 is 1.55. The molecule has 0 aliphatic rings. The van der Waals surface area contributed by atoms with E-state index in [0.29, 0.717) is 18.1 Å². The van der Waals surface area contributed by atoms with Gasteiger partial charge in [0.1, 0.15) is 5.76 Å². The molecule has 0 saturated heterocycles. The van der Waals surface area contributed by atoms with E-state index >= 15 is 0 Å². The summed E-state index contributed by atoms with van der Waals surface area (Å²) in [5, 5.41) is 0.705. The van der Waals surface area contributed by atoms with Gasteiger partial charge in [-0.1, -0.05) is 42.5 Å². The monoisotopic (exact) mass is 404 g/mol. The minimum Gasteiger partial charge on any atom is -0.467 e. The van der Waals surface area contributed by atoms with Crippen LogP contribution < -0.4 is 4.90 Å². The molecule has 0 bridgehead atoms. The first-order chi connectivity index (χ1) is 14.0. The standard InChI is InChI=1S/C24H24N2O2S/c1-4-18-7-9-19(10-8-18)14-23(27)26(15-20-6-5-11-28-20)24-25-21-12-16(2)17(3)13-22(21)29-24/h5-13H,4,14-15H2,1-3H3. The van der Waals surface area contributed by atoms with E-state index in [2.05, 4.69) is 45.0 Å². The number of fused-ring (bicyclic) bond motifs is 1. The molecule has 0 aliphatic heterocycles. The summed E-state index contributed by atoms with van der Waals surface area (Å²) in [6.45, 7) is 6.68. The van der Waals surface area contributed by atoms with Crippen LogP contribution in [0.5, 0.6) is 0 Å². The Kier molecular flexibility index (Phi) is 5.49. The fraction of sp³-hybridized carbons (Fsp3) is 0.250. The zero-order chi connectivity index (χ0) is 20.4. The summed E-state index contributed by atoms with van der Waals surface area (Å²) in [4.78, 5) is 19.8. The van der Waals surface area contributed by atoms with Crippen molar-refractivity contribution in [1.82, 2.24) is 4.98 Å². The lowest BCUT2D eigenvalue weighted by atomic mass is 10.1. The molecule has 2 aromatic carbocycles. The first-order valence-corrected chi connectivity index (χ1v) is 10.6. The van der Waals surface area contributed by atoms with Crippen molar-refractivity contribution in [3.05, 3.63) is 82.8 Å². The number of nitrogens with zero attached hydrogens (tertiary/aromatic N) is 2. The number of aryl methyl sites for hydroxylation is 3. The molecule has 0 N–H and O–H groups in total. The second-order valence-corrected chi connectivity index (χ2v) is 8.32. The number of thiazole rings is 1. The Morgan fingerprint density at radius 3 is 2.48 bits per heavy atom. The van der Waals surface area contributed by atoms with E-state index in [0.717, 1.165) is 28.0 Å². The van der Waals surface area contributed by atoms with Gasteiger partial charge in [-0.05, 0) is 66.8 Å². The minimum atomic E-state index is 0.0122. The molecule has 29 heavy (non-hydrogen) atoms. The smallest absolute Gasteiger partial charge is 0.233 e. The van der Waals surface area contributed by atoms with Crippen molar-refractivity contribution in [2.45, 2.75) is 40.2 Å². The van der Waals surface area contributed by atoms with Gasteiger partial charge in [0.15, 0.2) is 5.13 Å². The van der Waals surface area contributed by atoms with Gasteiger partial charge in [-0.2, -0.15) is 0 Å². The van der Waals surface area contributed by atoms with E-state index in [1.54, 1.807) is 22.5 Å². The molecular weight excluding hydrogens is 380 g/mol. The number of anilines is 1. The van der Waals surface area contributed by atoms with Gasteiger partial charge in [-0.3, -0.25) is 9.69 Å². The van der Waals surface area contributed by atoms with Crippen LogP contribution in [-0.2, 0) is 24.2 Å². The first-order valence-electron chi connectivity index (χ1n) is 9.82. The largest absolute Gasteiger partial charge is 0.467 e. The van der Waals surface area contributed by atoms with Crippen LogP contribution in [0, 0.1) is 13.8 Å². The third kappa shape index (κ3) is 4.25. The summed E-state index contributed by atoms with van der Waals surface area (Å²) in [6, 6.07) is 16.2. The Morgan fingerprint density at radius 1 is 1.07 bits per heavy atom. The van der Waals surface area contributed by atoms with Gasteiger partial charge in [-0.15, -0.1) is 0 Å². The van der Waals surface area contributed by atoms with E-state index < -0.39 is 0 Å². The number of benzene rings is 2. The molecule has 0 unspecified atom stereocenters. The highest BCUT2D eigenvalue weighted by molar-refractivity contribution is 7.22. The Labute approximate surface area is 174 Å². The van der Waals surface area contributed by atoms with Crippen molar-refractivity contribution >= 4 is 32.6 Å². The zero-order valence-electron chi connectivity index (χ0n) is 16.9. The molecule has 2 aromatic heterocycles. The molecule has 2 heterocycles. The molecule has 4 aromatic rings. The third-order valence-corrected chi connectivity index (χ3v) is 6.25. The number of hydrogen-bond acceptors (Lipinski definition) is 4. The van der Waals surface area contributed by atoms with Gasteiger partial charge in [-0.25, -0.2) is 4.98 Å². The number of amides is 1. The summed E-state index contributed by atoms with van der Waals surface area (Å²) in [6.07, 6.45) is 2.95. The molecular formula is C24H24N2O2S. The lowest BCUT2D eigenvalue weighted by Gasteiger charge is -2.19. The van der Waals surface area contributed by atoms with Gasteiger partial charge >= 0.3 is 0 Å². The van der Waals surface area contributed by atoms with Crippen molar-refractivity contribution in [1.29, 1.82) is 0 Å². The lowest BCUT2D eigenvalue weighted by Crippen LogP contribution is -2.31. The van der Waals surface area contributed by atoms with Crippen molar-refractivity contribution < 1.29 is 9.21 Å². The molecule has 0 spiro atoms. The van der Waals surface area contributed by atoms with E-state index in [1.807, 2.05) is 24.3 Å². The topological polar surface area (TPSA) is 46.3 Å². The highest BCUT2D eigenvalue weighted by Gasteiger charge is 2.22. The zero-order valence-corrected chi connectivity index (χ0v) is 17.8. The van der Waals surface area contributed by atoms with E-state index in [1.165, 1.54) is 16.7 Å². The van der Waals surface area contributed by atoms with Crippen molar-refractivity contribution in [2.75, 3.05) is 4.90 Å². The highest BCUT2D eigenvalue weighted by Crippen LogP contribution is 2.32. The molecule has 0 saturated carbocycles. The van der Waals surface area contributed by atoms with E-state index in [9.17, 15) is 4.79 Å². The van der Waals surface area contributed by atoms with Crippen LogP contribution in [0.15, 0.2) is 59.2 Å². The predicted octanol–water partition coefficient (Wildman–Crippen LogP) is 5.84. The number of furan rings is 1. The average molecular weight is 405 g/mol. The number of carbonyl (C=O) groups excluding carboxylic acids is 1. The third-order valence-electron chi connectivity index (χ3n) is 5.21. The normalized spacial score (nSPS) is 11.1. The molecule has 4 rings (SSSR count). The number of rotatable bonds is 6. The van der Waals surface area contributed by atoms with Crippen LogP contribution in [0.25, 0.3) is 10.2 Å². The maximum absolute atomic E-state index is 13.3. The maximum atomic E-state index is 13.3. The summed E-state index contributed by atoms with van der Waals surface area (Å²) in [5.74, 6) is 0.754. The predicted molar refractivity (Wildman–Crippen MR) is 119 cm³/mol. The van der Waals surface area contributed by atoms with Gasteiger partial charge in [0, 0.05) is 0 Å². The number of aromatic nitrogens is 1. The summed E-state index contributed by atoms with van der Waals surface area (Å²) in [5.41, 5.74) is 5.63. The maximum Gasteiger partial charge on any atom is 0.233 e. The second-order valence-electron chi connectivity index (χ2n) is 7.31. The molecule has 0 aliphatic carbocycles. The Bertz CT molecular complexity index is 1090. The Hall–Kier alpha value is -2.92. The Morgan fingerprint density at radius 2 is 1.79 bits per heavy atom. The summed E-state index contributed by atoms with van der Waals surface area (Å²) < 4.78 is 6.60. The second kappa shape index (κ2) is 8.21. The van der Waals surface area contributed by atoms with Crippen LogP contribution in [-0.4, -0.2) is 10.9 Å².